The number of amides is 2. The molecule has 0 aliphatic heterocycles. The minimum atomic E-state index is -0.664. The van der Waals surface area contributed by atoms with Crippen molar-refractivity contribution in [1.29, 1.82) is 0 Å². The summed E-state index contributed by atoms with van der Waals surface area (Å²) in [7, 11) is 0. The summed E-state index contributed by atoms with van der Waals surface area (Å²) in [5, 5.41) is 2.71. The predicted molar refractivity (Wildman–Crippen MR) is 75.9 cm³/mol. The van der Waals surface area contributed by atoms with Crippen molar-refractivity contribution in [2.75, 3.05) is 5.73 Å². The van der Waals surface area contributed by atoms with E-state index >= 15 is 0 Å². The Hall–Kier alpha value is -2.30. The second-order valence-corrected chi connectivity index (χ2v) is 5.02. The number of rotatable bonds is 5. The van der Waals surface area contributed by atoms with Gasteiger partial charge < -0.3 is 16.8 Å². The van der Waals surface area contributed by atoms with E-state index in [4.69, 9.17) is 11.5 Å². The van der Waals surface area contributed by atoms with Crippen LogP contribution in [0.15, 0.2) is 30.3 Å². The van der Waals surface area contributed by atoms with E-state index in [2.05, 4.69) is 5.32 Å². The molecule has 2 amide bonds. The average molecular weight is 261 g/mol. The van der Waals surface area contributed by atoms with Crippen molar-refractivity contribution < 1.29 is 9.59 Å². The molecule has 0 aliphatic carbocycles. The Labute approximate surface area is 112 Å². The Bertz CT molecular complexity index is 507. The van der Waals surface area contributed by atoms with Gasteiger partial charge in [0, 0.05) is 23.7 Å². The second kappa shape index (κ2) is 6.04. The molecule has 0 unspecified atom stereocenters. The Kier molecular flexibility index (Phi) is 4.69. The summed E-state index contributed by atoms with van der Waals surface area (Å²) >= 11 is 0. The second-order valence-electron chi connectivity index (χ2n) is 5.02. The van der Waals surface area contributed by atoms with Crippen LogP contribution in [0.3, 0.4) is 0 Å². The average Bonchev–Trinajstić information content (AvgIpc) is 2.24. The fourth-order valence-corrected chi connectivity index (χ4v) is 1.69. The first kappa shape index (κ1) is 14.8. The van der Waals surface area contributed by atoms with Crippen LogP contribution in [0.1, 0.15) is 25.8 Å². The van der Waals surface area contributed by atoms with Gasteiger partial charge in [-0.25, -0.2) is 0 Å². The number of carbonyl (C=O) groups excluding carboxylic acids is 2. The molecule has 0 heterocycles. The third-order valence-electron chi connectivity index (χ3n) is 2.42. The number of anilines is 1. The molecule has 102 valence electrons. The normalized spacial score (nSPS) is 11.5. The maximum Gasteiger partial charge on any atom is 0.244 e. The molecule has 5 heteroatoms. The number of hydrogen-bond donors (Lipinski definition) is 3. The molecule has 0 radical (unpaired) electrons. The molecule has 19 heavy (non-hydrogen) atoms. The molecule has 1 rings (SSSR count). The van der Waals surface area contributed by atoms with Crippen LogP contribution in [0, 0.1) is 0 Å². The quantitative estimate of drug-likeness (QED) is 0.546. The summed E-state index contributed by atoms with van der Waals surface area (Å²) < 4.78 is 0. The fraction of sp³-hybridized carbons (Fsp3) is 0.286. The maximum atomic E-state index is 11.7. The van der Waals surface area contributed by atoms with Crippen LogP contribution in [0.4, 0.5) is 5.69 Å². The molecule has 0 saturated carbocycles. The van der Waals surface area contributed by atoms with E-state index in [-0.39, 0.29) is 12.3 Å². The van der Waals surface area contributed by atoms with E-state index in [1.165, 1.54) is 6.08 Å². The zero-order valence-electron chi connectivity index (χ0n) is 11.1. The van der Waals surface area contributed by atoms with Gasteiger partial charge in [-0.2, -0.15) is 0 Å². The van der Waals surface area contributed by atoms with E-state index in [0.29, 0.717) is 5.69 Å². The molecular formula is C14H19N3O2. The molecule has 0 spiro atoms. The maximum absolute atomic E-state index is 11.7. The van der Waals surface area contributed by atoms with Crippen molar-refractivity contribution in [3.63, 3.8) is 0 Å². The highest BCUT2D eigenvalue weighted by molar-refractivity contribution is 5.92. The van der Waals surface area contributed by atoms with Crippen LogP contribution in [0.2, 0.25) is 0 Å². The van der Waals surface area contributed by atoms with E-state index in [0.717, 1.165) is 5.56 Å². The van der Waals surface area contributed by atoms with Gasteiger partial charge in [0.15, 0.2) is 0 Å². The van der Waals surface area contributed by atoms with Crippen LogP contribution < -0.4 is 16.8 Å². The summed E-state index contributed by atoms with van der Waals surface area (Å²) in [5.41, 5.74) is 11.6. The van der Waals surface area contributed by atoms with E-state index < -0.39 is 11.4 Å². The largest absolute Gasteiger partial charge is 0.399 e. The van der Waals surface area contributed by atoms with Crippen molar-refractivity contribution in [3.05, 3.63) is 35.9 Å². The SMILES string of the molecule is CC(C)(CC(N)=O)NC(=O)/C=C/c1cccc(N)c1. The minimum absolute atomic E-state index is 0.0882. The standard InChI is InChI=1S/C14H19N3O2/c1-14(2,9-12(16)18)17-13(19)7-6-10-4-3-5-11(15)8-10/h3-8H,9,15H2,1-2H3,(H2,16,18)(H,17,19)/b7-6+. The number of benzene rings is 1. The number of hydrogen-bond acceptors (Lipinski definition) is 3. The van der Waals surface area contributed by atoms with Gasteiger partial charge in [-0.3, -0.25) is 9.59 Å². The van der Waals surface area contributed by atoms with Crippen molar-refractivity contribution in [2.24, 2.45) is 5.73 Å². The van der Waals surface area contributed by atoms with E-state index in [9.17, 15) is 9.59 Å². The molecular weight excluding hydrogens is 242 g/mol. The molecule has 0 aromatic heterocycles. The highest BCUT2D eigenvalue weighted by Crippen LogP contribution is 2.09. The summed E-state index contributed by atoms with van der Waals surface area (Å²) in [6.45, 7) is 3.48. The molecule has 0 aliphatic rings. The Morgan fingerprint density at radius 1 is 1.37 bits per heavy atom. The van der Waals surface area contributed by atoms with Gasteiger partial charge in [0.2, 0.25) is 11.8 Å². The van der Waals surface area contributed by atoms with Crippen molar-refractivity contribution >= 4 is 23.6 Å². The lowest BCUT2D eigenvalue weighted by Gasteiger charge is -2.23. The lowest BCUT2D eigenvalue weighted by molar-refractivity contribution is -0.121. The lowest BCUT2D eigenvalue weighted by atomic mass is 10.0. The van der Waals surface area contributed by atoms with Crippen molar-refractivity contribution in [3.8, 4) is 0 Å². The summed E-state index contributed by atoms with van der Waals surface area (Å²) in [5.74, 6) is -0.737. The number of carbonyl (C=O) groups is 2. The third-order valence-corrected chi connectivity index (χ3v) is 2.42. The van der Waals surface area contributed by atoms with E-state index in [1.807, 2.05) is 12.1 Å². The zero-order valence-corrected chi connectivity index (χ0v) is 11.1. The molecule has 0 bridgehead atoms. The van der Waals surface area contributed by atoms with Gasteiger partial charge in [-0.05, 0) is 37.6 Å². The number of nitrogens with one attached hydrogen (secondary N) is 1. The number of nitrogen functional groups attached to an aromatic ring is 1. The molecule has 5 nitrogen and oxygen atoms in total. The first-order valence-corrected chi connectivity index (χ1v) is 5.92. The monoisotopic (exact) mass is 261 g/mol. The van der Waals surface area contributed by atoms with Gasteiger partial charge in [-0.1, -0.05) is 12.1 Å². The summed E-state index contributed by atoms with van der Waals surface area (Å²) in [6.07, 6.45) is 3.15. The van der Waals surface area contributed by atoms with E-state index in [1.54, 1.807) is 32.1 Å². The van der Waals surface area contributed by atoms with Crippen LogP contribution in [0.5, 0.6) is 0 Å². The molecule has 0 fully saturated rings. The molecule has 0 saturated heterocycles. The Morgan fingerprint density at radius 3 is 2.63 bits per heavy atom. The third kappa shape index (κ3) is 5.72. The van der Waals surface area contributed by atoms with Gasteiger partial charge in [0.1, 0.15) is 0 Å². The highest BCUT2D eigenvalue weighted by atomic mass is 16.2. The minimum Gasteiger partial charge on any atom is -0.399 e. The summed E-state index contributed by atoms with van der Waals surface area (Å²) in [4.78, 5) is 22.6. The summed E-state index contributed by atoms with van der Waals surface area (Å²) in [6, 6.07) is 7.18. The first-order chi connectivity index (χ1) is 8.78. The Balaban J connectivity index is 2.63. The predicted octanol–water partition coefficient (Wildman–Crippen LogP) is 1.05. The topological polar surface area (TPSA) is 98.2 Å². The van der Waals surface area contributed by atoms with Gasteiger partial charge in [-0.15, -0.1) is 0 Å². The number of nitrogens with two attached hydrogens (primary N) is 2. The molecule has 5 N–H and O–H groups in total. The van der Waals surface area contributed by atoms with Gasteiger partial charge in [0.25, 0.3) is 0 Å². The van der Waals surface area contributed by atoms with Crippen LogP contribution >= 0.6 is 0 Å². The van der Waals surface area contributed by atoms with Crippen LogP contribution in [-0.4, -0.2) is 17.4 Å². The van der Waals surface area contributed by atoms with Gasteiger partial charge in [0.05, 0.1) is 0 Å². The fourth-order valence-electron chi connectivity index (χ4n) is 1.69. The molecule has 1 aromatic carbocycles. The van der Waals surface area contributed by atoms with Crippen molar-refractivity contribution in [1.82, 2.24) is 5.32 Å². The van der Waals surface area contributed by atoms with Crippen LogP contribution in [0.25, 0.3) is 6.08 Å². The van der Waals surface area contributed by atoms with Crippen molar-refractivity contribution in [2.45, 2.75) is 25.8 Å². The molecule has 0 atom stereocenters. The lowest BCUT2D eigenvalue weighted by Crippen LogP contribution is -2.45. The van der Waals surface area contributed by atoms with Crippen LogP contribution in [-0.2, 0) is 9.59 Å². The zero-order chi connectivity index (χ0) is 14.5. The van der Waals surface area contributed by atoms with Gasteiger partial charge >= 0.3 is 0 Å². The smallest absolute Gasteiger partial charge is 0.244 e. The number of primary amides is 1. The Morgan fingerprint density at radius 2 is 2.05 bits per heavy atom. The highest BCUT2D eigenvalue weighted by Gasteiger charge is 2.21. The first-order valence-electron chi connectivity index (χ1n) is 5.92. The molecule has 1 aromatic rings.